The summed E-state index contributed by atoms with van der Waals surface area (Å²) in [4.78, 5) is 4.33. The zero-order valence-corrected chi connectivity index (χ0v) is 16.3. The van der Waals surface area contributed by atoms with E-state index in [0.29, 0.717) is 4.32 Å². The van der Waals surface area contributed by atoms with Gasteiger partial charge >= 0.3 is 34.5 Å². The molecule has 8 heteroatoms. The SMILES string of the molecule is CSC(=[SH+])[N-]N=C(c1ccccc1)c1ccccn1.[Cl][Rh][Cl]. The van der Waals surface area contributed by atoms with Crippen molar-refractivity contribution in [3.63, 3.8) is 0 Å². The molecule has 3 nitrogen and oxygen atoms in total. The standard InChI is InChI=1S/C14H13N3S2.2ClH.Rh/c1-19-14(18)17-16-13(11-7-3-2-4-8-11)12-9-5-6-10-15-12;;;/h2-10H,1H3,(H,15,17,18);2*1H;/q;;;+2/p-2. The van der Waals surface area contributed by atoms with Crippen LogP contribution in [-0.4, -0.2) is 21.3 Å². The van der Waals surface area contributed by atoms with E-state index in [2.05, 4.69) is 27.7 Å². The van der Waals surface area contributed by atoms with Crippen LogP contribution in [0.2, 0.25) is 0 Å². The molecule has 0 aliphatic carbocycles. The molecule has 1 aromatic heterocycles. The third kappa shape index (κ3) is 7.16. The van der Waals surface area contributed by atoms with Crippen LogP contribution >= 0.6 is 31.1 Å². The molecule has 1 aromatic carbocycles. The zero-order chi connectivity index (χ0) is 16.2. The summed E-state index contributed by atoms with van der Waals surface area (Å²) in [6.07, 6.45) is 3.65. The number of pyridine rings is 1. The number of rotatable bonds is 3. The van der Waals surface area contributed by atoms with Gasteiger partial charge in [0.05, 0.1) is 11.4 Å². The molecular formula is C14H13Cl2N3RhS2. The van der Waals surface area contributed by atoms with Crippen molar-refractivity contribution in [1.29, 1.82) is 0 Å². The van der Waals surface area contributed by atoms with Crippen LogP contribution in [-0.2, 0) is 27.4 Å². The fourth-order valence-electron chi connectivity index (χ4n) is 1.49. The maximum atomic E-state index is 4.83. The van der Waals surface area contributed by atoms with Gasteiger partial charge in [-0.3, -0.25) is 4.98 Å². The summed E-state index contributed by atoms with van der Waals surface area (Å²) >= 11 is 5.43. The first-order chi connectivity index (χ1) is 10.7. The number of thioether (sulfide) groups is 1. The van der Waals surface area contributed by atoms with Crippen LogP contribution < -0.4 is 0 Å². The molecule has 22 heavy (non-hydrogen) atoms. The Bertz CT molecular complexity index is 556. The third-order valence-electron chi connectivity index (χ3n) is 2.37. The van der Waals surface area contributed by atoms with Crippen molar-refractivity contribution in [2.24, 2.45) is 5.10 Å². The number of benzene rings is 1. The van der Waals surface area contributed by atoms with Gasteiger partial charge in [-0.25, -0.2) is 0 Å². The molecule has 119 valence electrons. The van der Waals surface area contributed by atoms with E-state index in [4.69, 9.17) is 19.4 Å². The summed E-state index contributed by atoms with van der Waals surface area (Å²) in [5.74, 6) is 0. The quantitative estimate of drug-likeness (QED) is 0.171. The van der Waals surface area contributed by atoms with Crippen LogP contribution in [0, 0.1) is 0 Å². The van der Waals surface area contributed by atoms with Crippen molar-refractivity contribution in [3.8, 4) is 0 Å². The molecule has 0 aliphatic rings. The molecule has 0 fully saturated rings. The minimum atomic E-state index is -0.226. The van der Waals surface area contributed by atoms with E-state index in [9.17, 15) is 0 Å². The zero-order valence-electron chi connectivity index (χ0n) is 11.5. The Morgan fingerprint density at radius 1 is 1.18 bits per heavy atom. The van der Waals surface area contributed by atoms with E-state index in [0.717, 1.165) is 17.0 Å². The van der Waals surface area contributed by atoms with Gasteiger partial charge in [0.15, 0.2) is 16.5 Å². The summed E-state index contributed by atoms with van der Waals surface area (Å²) in [7, 11) is 9.67. The van der Waals surface area contributed by atoms with Gasteiger partial charge in [-0.1, -0.05) is 48.2 Å². The number of halogens is 2. The Morgan fingerprint density at radius 2 is 1.82 bits per heavy atom. The van der Waals surface area contributed by atoms with Crippen molar-refractivity contribution in [2.75, 3.05) is 6.26 Å². The monoisotopic (exact) mass is 460 g/mol. The predicted octanol–water partition coefficient (Wildman–Crippen LogP) is 4.31. The van der Waals surface area contributed by atoms with E-state index < -0.39 is 0 Å². The van der Waals surface area contributed by atoms with Crippen LogP contribution in [0.25, 0.3) is 5.43 Å². The number of nitrogens with zero attached hydrogens (tertiary/aromatic N) is 3. The van der Waals surface area contributed by atoms with Gasteiger partial charge in [0.1, 0.15) is 0 Å². The predicted molar refractivity (Wildman–Crippen MR) is 98.7 cm³/mol. The fourth-order valence-corrected chi connectivity index (χ4v) is 1.66. The third-order valence-corrected chi connectivity index (χ3v) is 3.46. The van der Waals surface area contributed by atoms with Crippen LogP contribution in [0.15, 0.2) is 59.8 Å². The summed E-state index contributed by atoms with van der Waals surface area (Å²) in [6, 6.07) is 15.6. The first kappa shape index (κ1) is 19.5. The van der Waals surface area contributed by atoms with Crippen LogP contribution in [0.3, 0.4) is 0 Å². The average molecular weight is 461 g/mol. The molecule has 0 saturated carbocycles. The molecule has 0 spiro atoms. The topological polar surface area (TPSA) is 39.4 Å². The Kier molecular flexibility index (Phi) is 10.6. The van der Waals surface area contributed by atoms with E-state index in [1.807, 2.05) is 54.8 Å². The van der Waals surface area contributed by atoms with Crippen molar-refractivity contribution in [3.05, 3.63) is 71.4 Å². The molecule has 0 amide bonds. The molecule has 0 radical (unpaired) electrons. The maximum absolute atomic E-state index is 4.83. The number of aromatic nitrogens is 1. The number of hydrogen-bond acceptors (Lipinski definition) is 3. The van der Waals surface area contributed by atoms with E-state index in [-0.39, 0.29) is 15.1 Å². The molecule has 1 heterocycles. The molecule has 0 saturated heterocycles. The van der Waals surface area contributed by atoms with Gasteiger partial charge in [0, 0.05) is 11.8 Å². The van der Waals surface area contributed by atoms with Crippen molar-refractivity contribution in [1.82, 2.24) is 4.98 Å². The van der Waals surface area contributed by atoms with E-state index >= 15 is 0 Å². The molecule has 0 bridgehead atoms. The first-order valence-electron chi connectivity index (χ1n) is 5.92. The van der Waals surface area contributed by atoms with Crippen LogP contribution in [0.4, 0.5) is 0 Å². The van der Waals surface area contributed by atoms with Gasteiger partial charge in [0.2, 0.25) is 0 Å². The molecule has 0 unspecified atom stereocenters. The molecule has 0 N–H and O–H groups in total. The summed E-state index contributed by atoms with van der Waals surface area (Å²) in [5.41, 5.74) is 6.60. The van der Waals surface area contributed by atoms with Crippen LogP contribution in [0.1, 0.15) is 11.3 Å². The van der Waals surface area contributed by atoms with E-state index in [1.165, 1.54) is 11.8 Å². The Balaban J connectivity index is 0.000000745. The number of hydrogen-bond donors (Lipinski definition) is 0. The molecule has 0 aliphatic heterocycles. The number of thiol groups is 1. The van der Waals surface area contributed by atoms with Crippen LogP contribution in [0.5, 0.6) is 0 Å². The summed E-state index contributed by atoms with van der Waals surface area (Å²) in [6.45, 7) is 0. The van der Waals surface area contributed by atoms with Gasteiger partial charge < -0.3 is 10.5 Å². The molecule has 0 atom stereocenters. The Labute approximate surface area is 155 Å². The summed E-state index contributed by atoms with van der Waals surface area (Å²) in [5, 5.41) is 4.28. The second-order valence-corrected chi connectivity index (χ2v) is 7.67. The van der Waals surface area contributed by atoms with Crippen molar-refractivity contribution >= 4 is 53.4 Å². The molecular weight excluding hydrogens is 448 g/mol. The Hall–Kier alpha value is -0.517. The minimum absolute atomic E-state index is 0.226. The van der Waals surface area contributed by atoms with Gasteiger partial charge in [-0.15, -0.1) is 0 Å². The first-order valence-corrected chi connectivity index (χ1v) is 11.8. The molecule has 2 rings (SSSR count). The summed E-state index contributed by atoms with van der Waals surface area (Å²) < 4.78 is 0.615. The van der Waals surface area contributed by atoms with Gasteiger partial charge in [-0.05, 0) is 18.4 Å². The van der Waals surface area contributed by atoms with Crippen molar-refractivity contribution < 1.29 is 15.1 Å². The van der Waals surface area contributed by atoms with Gasteiger partial charge in [0.25, 0.3) is 0 Å². The molecule has 2 aromatic rings. The van der Waals surface area contributed by atoms with E-state index in [1.54, 1.807) is 6.20 Å². The average Bonchev–Trinajstić information content (AvgIpc) is 2.57. The van der Waals surface area contributed by atoms with Crippen molar-refractivity contribution in [2.45, 2.75) is 0 Å². The second kappa shape index (κ2) is 12.0. The fraction of sp³-hybridized carbons (Fsp3) is 0.0714. The van der Waals surface area contributed by atoms with Gasteiger partial charge in [-0.2, -0.15) is 0 Å². The normalized spacial score (nSPS) is 10.6. The second-order valence-electron chi connectivity index (χ2n) is 3.66. The Morgan fingerprint density at radius 3 is 2.36 bits per heavy atom.